The fraction of sp³-hybridized carbons (Fsp3) is 0.667. The molecule has 0 aliphatic heterocycles. The van der Waals surface area contributed by atoms with Gasteiger partial charge in [-0.2, -0.15) is 0 Å². The number of likely N-dealkylation sites (N-methyl/N-ethyl adjacent to an activating group) is 1. The molecule has 1 fully saturated rings. The average molecular weight is 292 g/mol. The minimum absolute atomic E-state index is 0.101. The molecule has 21 heavy (non-hydrogen) atoms. The zero-order valence-corrected chi connectivity index (χ0v) is 13.2. The molecule has 2 rings (SSSR count). The fourth-order valence-electron chi connectivity index (χ4n) is 2.54. The van der Waals surface area contributed by atoms with E-state index in [1.165, 1.54) is 11.3 Å². The van der Waals surface area contributed by atoms with Crippen molar-refractivity contribution in [2.45, 2.75) is 26.8 Å². The molecule has 116 valence electrons. The van der Waals surface area contributed by atoms with Crippen molar-refractivity contribution in [2.24, 2.45) is 11.3 Å². The molecule has 6 nitrogen and oxygen atoms in total. The number of aromatic nitrogens is 2. The SMILES string of the molecule is CN(Cc1cnc(N(C)CC(=O)O)nc1)CC1CC1(C)C. The zero-order valence-electron chi connectivity index (χ0n) is 13.2. The van der Waals surface area contributed by atoms with Crippen LogP contribution in [0.5, 0.6) is 0 Å². The van der Waals surface area contributed by atoms with E-state index < -0.39 is 5.97 Å². The quantitative estimate of drug-likeness (QED) is 0.821. The molecule has 0 bridgehead atoms. The Morgan fingerprint density at radius 2 is 1.95 bits per heavy atom. The van der Waals surface area contributed by atoms with E-state index in [1.54, 1.807) is 19.4 Å². The number of anilines is 1. The maximum Gasteiger partial charge on any atom is 0.323 e. The second kappa shape index (κ2) is 5.97. The van der Waals surface area contributed by atoms with Crippen LogP contribution in [0.2, 0.25) is 0 Å². The van der Waals surface area contributed by atoms with E-state index in [-0.39, 0.29) is 6.54 Å². The summed E-state index contributed by atoms with van der Waals surface area (Å²) in [5.41, 5.74) is 1.54. The molecule has 0 saturated heterocycles. The van der Waals surface area contributed by atoms with E-state index in [4.69, 9.17) is 5.11 Å². The van der Waals surface area contributed by atoms with Crippen molar-refractivity contribution in [1.29, 1.82) is 0 Å². The van der Waals surface area contributed by atoms with Crippen molar-refractivity contribution >= 4 is 11.9 Å². The van der Waals surface area contributed by atoms with Gasteiger partial charge in [0.15, 0.2) is 0 Å². The number of aliphatic carboxylic acids is 1. The lowest BCUT2D eigenvalue weighted by atomic mass is 10.1. The molecule has 0 aromatic carbocycles. The summed E-state index contributed by atoms with van der Waals surface area (Å²) >= 11 is 0. The highest BCUT2D eigenvalue weighted by Gasteiger charge is 2.45. The standard InChI is InChI=1S/C15H24N4O2/c1-15(2)5-12(15)9-18(3)8-11-6-16-14(17-7-11)19(4)10-13(20)21/h6-7,12H,5,8-10H2,1-4H3,(H,20,21). The lowest BCUT2D eigenvalue weighted by Gasteiger charge is -2.18. The first-order chi connectivity index (χ1) is 9.78. The first-order valence-corrected chi connectivity index (χ1v) is 7.20. The molecule has 1 aromatic rings. The van der Waals surface area contributed by atoms with Crippen molar-refractivity contribution in [3.8, 4) is 0 Å². The van der Waals surface area contributed by atoms with Gasteiger partial charge in [0.25, 0.3) is 0 Å². The van der Waals surface area contributed by atoms with Gasteiger partial charge in [-0.3, -0.25) is 4.79 Å². The van der Waals surface area contributed by atoms with E-state index in [1.807, 2.05) is 0 Å². The van der Waals surface area contributed by atoms with Crippen LogP contribution < -0.4 is 4.90 Å². The summed E-state index contributed by atoms with van der Waals surface area (Å²) in [6, 6.07) is 0. The molecule has 1 saturated carbocycles. The normalized spacial score (nSPS) is 19.6. The molecule has 0 amide bonds. The van der Waals surface area contributed by atoms with Gasteiger partial charge in [-0.15, -0.1) is 0 Å². The molecule has 6 heteroatoms. The van der Waals surface area contributed by atoms with Gasteiger partial charge in [-0.25, -0.2) is 9.97 Å². The molecule has 1 N–H and O–H groups in total. The Balaban J connectivity index is 1.86. The molecular weight excluding hydrogens is 268 g/mol. The lowest BCUT2D eigenvalue weighted by molar-refractivity contribution is -0.135. The highest BCUT2D eigenvalue weighted by Crippen LogP contribution is 2.51. The second-order valence-corrected chi connectivity index (χ2v) is 6.73. The van der Waals surface area contributed by atoms with Gasteiger partial charge in [0, 0.05) is 38.1 Å². The van der Waals surface area contributed by atoms with Crippen LogP contribution in [0.3, 0.4) is 0 Å². The van der Waals surface area contributed by atoms with Gasteiger partial charge < -0.3 is 14.9 Å². The summed E-state index contributed by atoms with van der Waals surface area (Å²) in [4.78, 5) is 22.9. The Hall–Kier alpha value is -1.69. The Labute approximate surface area is 125 Å². The predicted molar refractivity (Wildman–Crippen MR) is 81.2 cm³/mol. The molecule has 0 radical (unpaired) electrons. The van der Waals surface area contributed by atoms with Crippen LogP contribution in [-0.4, -0.2) is 53.1 Å². The Kier molecular flexibility index (Phi) is 4.46. The molecule has 1 aliphatic rings. The largest absolute Gasteiger partial charge is 0.480 e. The van der Waals surface area contributed by atoms with E-state index in [0.717, 1.165) is 24.6 Å². The van der Waals surface area contributed by atoms with Crippen LogP contribution >= 0.6 is 0 Å². The highest BCUT2D eigenvalue weighted by atomic mass is 16.4. The van der Waals surface area contributed by atoms with E-state index in [0.29, 0.717) is 11.4 Å². The molecule has 0 spiro atoms. The number of rotatable bonds is 7. The summed E-state index contributed by atoms with van der Waals surface area (Å²) in [5.74, 6) is 0.327. The Morgan fingerprint density at radius 3 is 2.43 bits per heavy atom. The van der Waals surface area contributed by atoms with Crippen molar-refractivity contribution in [3.05, 3.63) is 18.0 Å². The van der Waals surface area contributed by atoms with E-state index in [9.17, 15) is 4.79 Å². The van der Waals surface area contributed by atoms with Gasteiger partial charge in [0.2, 0.25) is 5.95 Å². The molecule has 1 atom stereocenters. The maximum absolute atomic E-state index is 10.7. The number of hydrogen-bond donors (Lipinski definition) is 1. The van der Waals surface area contributed by atoms with E-state index in [2.05, 4.69) is 35.8 Å². The average Bonchev–Trinajstić information content (AvgIpc) is 2.96. The summed E-state index contributed by atoms with van der Waals surface area (Å²) in [6.07, 6.45) is 4.84. The number of carboxylic acid groups (broad SMARTS) is 1. The number of hydrogen-bond acceptors (Lipinski definition) is 5. The summed E-state index contributed by atoms with van der Waals surface area (Å²) in [7, 11) is 3.78. The van der Waals surface area contributed by atoms with Crippen molar-refractivity contribution in [3.63, 3.8) is 0 Å². The third kappa shape index (κ3) is 4.39. The minimum Gasteiger partial charge on any atom is -0.480 e. The van der Waals surface area contributed by atoms with Crippen molar-refractivity contribution in [2.75, 3.05) is 32.1 Å². The van der Waals surface area contributed by atoms with Crippen LogP contribution in [0.15, 0.2) is 12.4 Å². The highest BCUT2D eigenvalue weighted by molar-refractivity contribution is 5.72. The van der Waals surface area contributed by atoms with Gasteiger partial charge in [0.05, 0.1) is 0 Å². The first kappa shape index (κ1) is 15.7. The van der Waals surface area contributed by atoms with Crippen LogP contribution in [-0.2, 0) is 11.3 Å². The van der Waals surface area contributed by atoms with Crippen LogP contribution in [0, 0.1) is 11.3 Å². The lowest BCUT2D eigenvalue weighted by Crippen LogP contribution is -2.27. The second-order valence-electron chi connectivity index (χ2n) is 6.73. The maximum atomic E-state index is 10.7. The third-order valence-corrected chi connectivity index (χ3v) is 4.11. The Morgan fingerprint density at radius 1 is 1.38 bits per heavy atom. The Bertz CT molecular complexity index is 501. The van der Waals surface area contributed by atoms with Crippen LogP contribution in [0.1, 0.15) is 25.8 Å². The van der Waals surface area contributed by atoms with Crippen LogP contribution in [0.4, 0.5) is 5.95 Å². The topological polar surface area (TPSA) is 69.6 Å². The summed E-state index contributed by atoms with van der Waals surface area (Å²) in [6.45, 7) is 6.42. The number of nitrogens with zero attached hydrogens (tertiary/aromatic N) is 4. The first-order valence-electron chi connectivity index (χ1n) is 7.20. The summed E-state index contributed by atoms with van der Waals surface area (Å²) in [5, 5.41) is 8.75. The molecule has 1 aliphatic carbocycles. The fourth-order valence-corrected chi connectivity index (χ4v) is 2.54. The molecular formula is C15H24N4O2. The van der Waals surface area contributed by atoms with Gasteiger partial charge in [0.1, 0.15) is 6.54 Å². The third-order valence-electron chi connectivity index (χ3n) is 4.11. The smallest absolute Gasteiger partial charge is 0.323 e. The minimum atomic E-state index is -0.892. The number of carboxylic acids is 1. The van der Waals surface area contributed by atoms with Gasteiger partial charge >= 0.3 is 5.97 Å². The number of carbonyl (C=O) groups is 1. The molecule has 1 heterocycles. The zero-order chi connectivity index (χ0) is 15.6. The predicted octanol–water partition coefficient (Wildman–Crippen LogP) is 1.48. The van der Waals surface area contributed by atoms with Crippen molar-refractivity contribution in [1.82, 2.24) is 14.9 Å². The van der Waals surface area contributed by atoms with Crippen LogP contribution in [0.25, 0.3) is 0 Å². The van der Waals surface area contributed by atoms with Crippen molar-refractivity contribution < 1.29 is 9.90 Å². The summed E-state index contributed by atoms with van der Waals surface area (Å²) < 4.78 is 0. The molecule has 1 unspecified atom stereocenters. The molecule has 1 aromatic heterocycles. The monoisotopic (exact) mass is 292 g/mol. The van der Waals surface area contributed by atoms with Gasteiger partial charge in [-0.05, 0) is 24.8 Å². The van der Waals surface area contributed by atoms with Gasteiger partial charge in [-0.1, -0.05) is 13.8 Å². The van der Waals surface area contributed by atoms with E-state index >= 15 is 0 Å².